The van der Waals surface area contributed by atoms with Crippen molar-refractivity contribution < 1.29 is 9.90 Å². The van der Waals surface area contributed by atoms with Crippen LogP contribution in [0.2, 0.25) is 0 Å². The Labute approximate surface area is 99.4 Å². The number of nitrogens with two attached hydrogens (primary N) is 1. The molecule has 0 heterocycles. The number of carboxylic acid groups (broad SMARTS) is 1. The average molecular weight is 243 g/mol. The molecule has 88 valence electrons. The molecule has 1 aromatic rings. The van der Waals surface area contributed by atoms with E-state index in [-0.39, 0.29) is 5.50 Å². The van der Waals surface area contributed by atoms with Crippen molar-refractivity contribution in [2.24, 2.45) is 5.73 Å². The molecule has 0 bridgehead atoms. The van der Waals surface area contributed by atoms with E-state index in [0.717, 1.165) is 11.3 Å². The van der Waals surface area contributed by atoms with Crippen LogP contribution in [0.4, 0.5) is 5.69 Å². The van der Waals surface area contributed by atoms with Crippen molar-refractivity contribution in [1.29, 1.82) is 0 Å². The predicted octanol–water partition coefficient (Wildman–Crippen LogP) is 1.64. The van der Waals surface area contributed by atoms with Gasteiger partial charge in [-0.2, -0.15) is 0 Å². The summed E-state index contributed by atoms with van der Waals surface area (Å²) in [5.41, 5.74) is 7.07. The molecule has 1 rings (SSSR count). The van der Waals surface area contributed by atoms with Gasteiger partial charge in [-0.05, 0) is 31.0 Å². The molecule has 4 nitrogen and oxygen atoms in total. The zero-order chi connectivity index (χ0) is 12.1. The normalized spacial score (nSPS) is 14.2. The highest BCUT2D eigenvalue weighted by Gasteiger charge is 2.11. The molecular weight excluding hydrogens is 228 g/mol. The minimum atomic E-state index is -0.989. The van der Waals surface area contributed by atoms with Crippen LogP contribution in [0.5, 0.6) is 0 Å². The van der Waals surface area contributed by atoms with Crippen LogP contribution < -0.4 is 11.1 Å². The SMILES string of the molecule is CC(Cl)Nc1ccc(CC(N)C(=O)O)cc1. The summed E-state index contributed by atoms with van der Waals surface area (Å²) in [5, 5.41) is 11.7. The Morgan fingerprint density at radius 3 is 2.50 bits per heavy atom. The van der Waals surface area contributed by atoms with Crippen LogP contribution in [0.1, 0.15) is 12.5 Å². The smallest absolute Gasteiger partial charge is 0.320 e. The lowest BCUT2D eigenvalue weighted by molar-refractivity contribution is -0.138. The van der Waals surface area contributed by atoms with Crippen molar-refractivity contribution in [3.8, 4) is 0 Å². The van der Waals surface area contributed by atoms with Crippen LogP contribution >= 0.6 is 11.6 Å². The average Bonchev–Trinajstić information content (AvgIpc) is 2.20. The third-order valence-corrected chi connectivity index (χ3v) is 2.20. The Balaban J connectivity index is 2.61. The van der Waals surface area contributed by atoms with Gasteiger partial charge in [-0.15, -0.1) is 0 Å². The monoisotopic (exact) mass is 242 g/mol. The van der Waals surface area contributed by atoms with Gasteiger partial charge >= 0.3 is 5.97 Å². The molecule has 0 aromatic heterocycles. The quantitative estimate of drug-likeness (QED) is 0.542. The van der Waals surface area contributed by atoms with Crippen LogP contribution in [0.15, 0.2) is 24.3 Å². The molecule has 0 saturated heterocycles. The lowest BCUT2D eigenvalue weighted by Crippen LogP contribution is -2.32. The maximum atomic E-state index is 10.6. The highest BCUT2D eigenvalue weighted by Crippen LogP contribution is 2.12. The molecule has 2 atom stereocenters. The Hall–Kier alpha value is -1.26. The van der Waals surface area contributed by atoms with E-state index in [2.05, 4.69) is 5.32 Å². The Kier molecular flexibility index (Phi) is 4.58. The fraction of sp³-hybridized carbons (Fsp3) is 0.364. The molecule has 0 aliphatic heterocycles. The topological polar surface area (TPSA) is 75.3 Å². The van der Waals surface area contributed by atoms with Gasteiger partial charge in [0.2, 0.25) is 0 Å². The second-order valence-electron chi connectivity index (χ2n) is 3.61. The van der Waals surface area contributed by atoms with Crippen molar-refractivity contribution in [3.05, 3.63) is 29.8 Å². The fourth-order valence-electron chi connectivity index (χ4n) is 1.31. The van der Waals surface area contributed by atoms with Crippen LogP contribution in [0, 0.1) is 0 Å². The summed E-state index contributed by atoms with van der Waals surface area (Å²) in [5.74, 6) is -0.989. The first-order chi connectivity index (χ1) is 7.49. The van der Waals surface area contributed by atoms with E-state index in [1.165, 1.54) is 0 Å². The van der Waals surface area contributed by atoms with Gasteiger partial charge in [-0.3, -0.25) is 4.79 Å². The minimum Gasteiger partial charge on any atom is -0.480 e. The lowest BCUT2D eigenvalue weighted by Gasteiger charge is -2.10. The van der Waals surface area contributed by atoms with Gasteiger partial charge < -0.3 is 16.2 Å². The molecule has 5 heteroatoms. The number of benzene rings is 1. The van der Waals surface area contributed by atoms with Gasteiger partial charge in [0.25, 0.3) is 0 Å². The van der Waals surface area contributed by atoms with Crippen molar-refractivity contribution in [2.75, 3.05) is 5.32 Å². The number of halogens is 1. The van der Waals surface area contributed by atoms with Gasteiger partial charge in [0.05, 0.1) is 5.50 Å². The molecule has 0 aliphatic rings. The summed E-state index contributed by atoms with van der Waals surface area (Å²) >= 11 is 5.77. The second kappa shape index (κ2) is 5.72. The Morgan fingerprint density at radius 2 is 2.06 bits per heavy atom. The molecule has 0 radical (unpaired) electrons. The fourth-order valence-corrected chi connectivity index (χ4v) is 1.43. The summed E-state index contributed by atoms with van der Waals surface area (Å²) in [6.07, 6.45) is 0.325. The van der Waals surface area contributed by atoms with Gasteiger partial charge in [0.1, 0.15) is 6.04 Å². The zero-order valence-electron chi connectivity index (χ0n) is 8.98. The summed E-state index contributed by atoms with van der Waals surface area (Å²) in [6, 6.07) is 6.52. The molecule has 0 amide bonds. The van der Waals surface area contributed by atoms with Crippen molar-refractivity contribution in [1.82, 2.24) is 0 Å². The maximum absolute atomic E-state index is 10.6. The first-order valence-electron chi connectivity index (χ1n) is 4.97. The maximum Gasteiger partial charge on any atom is 0.320 e. The molecular formula is C11H15ClN2O2. The van der Waals surface area contributed by atoms with E-state index in [4.69, 9.17) is 22.4 Å². The highest BCUT2D eigenvalue weighted by molar-refractivity contribution is 6.21. The van der Waals surface area contributed by atoms with E-state index in [1.54, 1.807) is 0 Å². The Bertz CT molecular complexity index is 352. The van der Waals surface area contributed by atoms with Gasteiger partial charge in [0, 0.05) is 5.69 Å². The molecule has 1 aromatic carbocycles. The lowest BCUT2D eigenvalue weighted by atomic mass is 10.1. The van der Waals surface area contributed by atoms with Gasteiger partial charge in [0.15, 0.2) is 0 Å². The molecule has 0 aliphatic carbocycles. The number of aliphatic carboxylic acids is 1. The van der Waals surface area contributed by atoms with E-state index < -0.39 is 12.0 Å². The molecule has 16 heavy (non-hydrogen) atoms. The molecule has 2 unspecified atom stereocenters. The van der Waals surface area contributed by atoms with Crippen LogP contribution in [-0.2, 0) is 11.2 Å². The summed E-state index contributed by atoms with van der Waals surface area (Å²) in [7, 11) is 0. The van der Waals surface area contributed by atoms with Crippen LogP contribution in [0.3, 0.4) is 0 Å². The predicted molar refractivity (Wildman–Crippen MR) is 64.7 cm³/mol. The molecule has 0 saturated carbocycles. The molecule has 0 fully saturated rings. The van der Waals surface area contributed by atoms with Crippen molar-refractivity contribution in [3.63, 3.8) is 0 Å². The number of carbonyl (C=O) groups is 1. The largest absolute Gasteiger partial charge is 0.480 e. The second-order valence-corrected chi connectivity index (χ2v) is 4.26. The van der Waals surface area contributed by atoms with E-state index in [0.29, 0.717) is 6.42 Å². The Morgan fingerprint density at radius 1 is 1.50 bits per heavy atom. The number of hydrogen-bond donors (Lipinski definition) is 3. The summed E-state index contributed by atoms with van der Waals surface area (Å²) < 4.78 is 0. The van der Waals surface area contributed by atoms with Crippen LogP contribution in [-0.4, -0.2) is 22.6 Å². The summed E-state index contributed by atoms with van der Waals surface area (Å²) in [4.78, 5) is 10.6. The molecule has 4 N–H and O–H groups in total. The van der Waals surface area contributed by atoms with Crippen molar-refractivity contribution >= 4 is 23.3 Å². The highest BCUT2D eigenvalue weighted by atomic mass is 35.5. The first-order valence-corrected chi connectivity index (χ1v) is 5.40. The zero-order valence-corrected chi connectivity index (χ0v) is 9.74. The van der Waals surface area contributed by atoms with E-state index >= 15 is 0 Å². The van der Waals surface area contributed by atoms with Gasteiger partial charge in [-0.1, -0.05) is 23.7 Å². The number of rotatable bonds is 5. The number of alkyl halides is 1. The van der Waals surface area contributed by atoms with Crippen LogP contribution in [0.25, 0.3) is 0 Å². The number of hydrogen-bond acceptors (Lipinski definition) is 3. The standard InChI is InChI=1S/C11H15ClN2O2/c1-7(12)14-9-4-2-8(3-5-9)6-10(13)11(15)16/h2-5,7,10,14H,6,13H2,1H3,(H,15,16). The first kappa shape index (κ1) is 12.8. The van der Waals surface area contributed by atoms with E-state index in [1.807, 2.05) is 31.2 Å². The molecule has 0 spiro atoms. The number of nitrogens with one attached hydrogen (secondary N) is 1. The van der Waals surface area contributed by atoms with Crippen molar-refractivity contribution in [2.45, 2.75) is 24.9 Å². The number of carboxylic acids is 1. The summed E-state index contributed by atoms with van der Waals surface area (Å²) in [6.45, 7) is 1.83. The van der Waals surface area contributed by atoms with Gasteiger partial charge in [-0.25, -0.2) is 0 Å². The number of anilines is 1. The van der Waals surface area contributed by atoms with E-state index in [9.17, 15) is 4.79 Å². The third-order valence-electron chi connectivity index (χ3n) is 2.09. The third kappa shape index (κ3) is 4.08. The minimum absolute atomic E-state index is 0.146.